The fourth-order valence-corrected chi connectivity index (χ4v) is 6.13. The molecule has 3 aliphatic heterocycles. The fraction of sp³-hybridized carbons (Fsp3) is 0.478. The molecular weight excluding hydrogens is 431 g/mol. The highest BCUT2D eigenvalue weighted by atomic mass is 32.2. The summed E-state index contributed by atoms with van der Waals surface area (Å²) in [6, 6.07) is 8.78. The molecule has 1 amide bonds. The minimum Gasteiger partial charge on any atom is -0.611 e. The molecule has 32 heavy (non-hydrogen) atoms. The number of nitrogens with zero attached hydrogens (tertiary/aromatic N) is 3. The summed E-state index contributed by atoms with van der Waals surface area (Å²) in [4.78, 5) is 21.5. The van der Waals surface area contributed by atoms with Crippen molar-refractivity contribution in [1.82, 2.24) is 9.88 Å². The SMILES string of the molecule is COC(=O)N1CCC[C@@H](Nc2cc(N3CC(c4ccc(F)cc4)C3)nc3c2[S@+]([O-])CC3)C1. The molecule has 2 aromatic rings. The minimum atomic E-state index is -1.06. The molecule has 1 aromatic carbocycles. The average Bonchev–Trinajstić information content (AvgIpc) is 3.14. The molecule has 0 unspecified atom stereocenters. The van der Waals surface area contributed by atoms with E-state index in [-0.39, 0.29) is 18.0 Å². The predicted octanol–water partition coefficient (Wildman–Crippen LogP) is 3.13. The van der Waals surface area contributed by atoms with E-state index in [2.05, 4.69) is 10.2 Å². The van der Waals surface area contributed by atoms with Crippen molar-refractivity contribution in [2.45, 2.75) is 36.1 Å². The van der Waals surface area contributed by atoms with Crippen molar-refractivity contribution in [1.29, 1.82) is 0 Å². The lowest BCUT2D eigenvalue weighted by atomic mass is 9.91. The summed E-state index contributed by atoms with van der Waals surface area (Å²) in [6.07, 6.45) is 2.22. The van der Waals surface area contributed by atoms with Crippen LogP contribution in [-0.2, 0) is 22.3 Å². The zero-order chi connectivity index (χ0) is 22.2. The van der Waals surface area contributed by atoms with Crippen molar-refractivity contribution >= 4 is 28.8 Å². The zero-order valence-corrected chi connectivity index (χ0v) is 18.9. The Balaban J connectivity index is 1.33. The number of fused-ring (bicyclic) bond motifs is 1. The van der Waals surface area contributed by atoms with E-state index < -0.39 is 11.2 Å². The molecule has 0 aliphatic carbocycles. The van der Waals surface area contributed by atoms with Gasteiger partial charge in [-0.1, -0.05) is 12.1 Å². The average molecular weight is 459 g/mol. The Morgan fingerprint density at radius 2 is 2.06 bits per heavy atom. The van der Waals surface area contributed by atoms with Gasteiger partial charge < -0.3 is 24.4 Å². The Morgan fingerprint density at radius 1 is 1.28 bits per heavy atom. The summed E-state index contributed by atoms with van der Waals surface area (Å²) >= 11 is -1.06. The van der Waals surface area contributed by atoms with Crippen molar-refractivity contribution in [2.24, 2.45) is 0 Å². The smallest absolute Gasteiger partial charge is 0.409 e. The lowest BCUT2D eigenvalue weighted by Crippen LogP contribution is -2.46. The van der Waals surface area contributed by atoms with Crippen molar-refractivity contribution in [3.8, 4) is 0 Å². The minimum absolute atomic E-state index is 0.0724. The molecule has 9 heteroatoms. The first-order valence-electron chi connectivity index (χ1n) is 11.0. The summed E-state index contributed by atoms with van der Waals surface area (Å²) in [5.74, 6) is 1.60. The number of hydrogen-bond acceptors (Lipinski definition) is 6. The van der Waals surface area contributed by atoms with Gasteiger partial charge >= 0.3 is 6.09 Å². The number of benzene rings is 1. The Labute approximate surface area is 190 Å². The van der Waals surface area contributed by atoms with Gasteiger partial charge in [-0.3, -0.25) is 0 Å². The monoisotopic (exact) mass is 458 g/mol. The number of aromatic nitrogens is 1. The van der Waals surface area contributed by atoms with Crippen LogP contribution in [-0.4, -0.2) is 65.6 Å². The van der Waals surface area contributed by atoms with E-state index in [4.69, 9.17) is 9.72 Å². The van der Waals surface area contributed by atoms with Gasteiger partial charge in [0.2, 0.25) is 0 Å². The number of ether oxygens (including phenoxy) is 1. The van der Waals surface area contributed by atoms with Gasteiger partial charge in [0.05, 0.1) is 12.8 Å². The fourth-order valence-electron chi connectivity index (χ4n) is 4.78. The summed E-state index contributed by atoms with van der Waals surface area (Å²) in [7, 11) is 1.40. The number of piperidine rings is 1. The number of nitrogens with one attached hydrogen (secondary N) is 1. The van der Waals surface area contributed by atoms with Gasteiger partial charge in [0.15, 0.2) is 4.90 Å². The molecule has 7 nitrogen and oxygen atoms in total. The molecule has 2 saturated heterocycles. The second kappa shape index (κ2) is 8.78. The summed E-state index contributed by atoms with van der Waals surface area (Å²) < 4.78 is 30.8. The third-order valence-corrected chi connectivity index (χ3v) is 8.03. The standard InChI is InChI=1S/C23H27FN4O3S/c1-31-23(29)27-9-2-3-18(14-27)25-20-11-21(26-19-8-10-32(30)22(19)20)28-12-16(13-28)15-4-6-17(24)7-5-15/h4-7,11,16,18H,2-3,8-10,12-14H2,1H3,(H,25,26)/t18-,32-/m1/s1. The first-order chi connectivity index (χ1) is 15.5. The Morgan fingerprint density at radius 3 is 2.81 bits per heavy atom. The van der Waals surface area contributed by atoms with E-state index in [0.29, 0.717) is 31.2 Å². The number of amides is 1. The van der Waals surface area contributed by atoms with E-state index in [1.165, 1.54) is 19.2 Å². The van der Waals surface area contributed by atoms with Crippen LogP contribution in [0, 0.1) is 5.82 Å². The maximum atomic E-state index is 13.2. The van der Waals surface area contributed by atoms with Gasteiger partial charge in [-0.2, -0.15) is 0 Å². The number of pyridine rings is 1. The number of aryl methyl sites for hydroxylation is 1. The molecule has 0 spiro atoms. The van der Waals surface area contributed by atoms with Crippen molar-refractivity contribution in [2.75, 3.05) is 49.3 Å². The maximum Gasteiger partial charge on any atom is 0.409 e. The summed E-state index contributed by atoms with van der Waals surface area (Å²) in [6.45, 7) is 2.89. The topological polar surface area (TPSA) is 80.8 Å². The van der Waals surface area contributed by atoms with Crippen LogP contribution < -0.4 is 10.2 Å². The number of hydrogen-bond donors (Lipinski definition) is 1. The summed E-state index contributed by atoms with van der Waals surface area (Å²) in [5.41, 5.74) is 2.89. The van der Waals surface area contributed by atoms with Crippen LogP contribution in [0.1, 0.15) is 30.0 Å². The van der Waals surface area contributed by atoms with E-state index in [0.717, 1.165) is 53.6 Å². The lowest BCUT2D eigenvalue weighted by Gasteiger charge is -2.41. The molecule has 1 aromatic heterocycles. The van der Waals surface area contributed by atoms with E-state index >= 15 is 0 Å². The highest BCUT2D eigenvalue weighted by Gasteiger charge is 2.35. The number of anilines is 2. The maximum absolute atomic E-state index is 13.2. The van der Waals surface area contributed by atoms with Crippen LogP contribution in [0.5, 0.6) is 0 Å². The number of halogens is 1. The van der Waals surface area contributed by atoms with Crippen LogP contribution >= 0.6 is 0 Å². The van der Waals surface area contributed by atoms with Gasteiger partial charge in [-0.15, -0.1) is 0 Å². The molecular formula is C23H27FN4O3S. The van der Waals surface area contributed by atoms with E-state index in [9.17, 15) is 13.7 Å². The number of rotatable bonds is 4. The van der Waals surface area contributed by atoms with Crippen LogP contribution in [0.25, 0.3) is 0 Å². The molecule has 3 aliphatic rings. The van der Waals surface area contributed by atoms with E-state index in [1.807, 2.05) is 18.2 Å². The molecule has 1 N–H and O–H groups in total. The van der Waals surface area contributed by atoms with Crippen LogP contribution in [0.3, 0.4) is 0 Å². The van der Waals surface area contributed by atoms with Crippen molar-refractivity contribution < 1.29 is 18.5 Å². The third kappa shape index (κ3) is 4.11. The first-order valence-corrected chi connectivity index (χ1v) is 12.4. The largest absolute Gasteiger partial charge is 0.611 e. The Hall–Kier alpha value is -2.52. The molecule has 5 rings (SSSR count). The molecule has 0 saturated carbocycles. The highest BCUT2D eigenvalue weighted by Crippen LogP contribution is 2.38. The third-order valence-electron chi connectivity index (χ3n) is 6.54. The number of likely N-dealkylation sites (tertiary alicyclic amines) is 1. The normalized spacial score (nSPS) is 23.0. The lowest BCUT2D eigenvalue weighted by molar-refractivity contribution is 0.113. The van der Waals surface area contributed by atoms with Gasteiger partial charge in [0.1, 0.15) is 23.1 Å². The molecule has 0 radical (unpaired) electrons. The Bertz CT molecular complexity index is 999. The van der Waals surface area contributed by atoms with Gasteiger partial charge in [-0.25, -0.2) is 14.2 Å². The molecule has 2 atom stereocenters. The molecule has 4 heterocycles. The van der Waals surface area contributed by atoms with Crippen LogP contribution in [0.4, 0.5) is 20.7 Å². The number of carbonyl (C=O) groups is 1. The van der Waals surface area contributed by atoms with Crippen molar-refractivity contribution in [3.05, 3.63) is 47.4 Å². The molecule has 170 valence electrons. The quantitative estimate of drug-likeness (QED) is 0.709. The number of carbonyl (C=O) groups excluding carboxylic acids is 1. The van der Waals surface area contributed by atoms with Gasteiger partial charge in [0.25, 0.3) is 0 Å². The second-order valence-corrected chi connectivity index (χ2v) is 10.2. The summed E-state index contributed by atoms with van der Waals surface area (Å²) in [5, 5.41) is 3.56. The van der Waals surface area contributed by atoms with Gasteiger partial charge in [-0.05, 0) is 41.7 Å². The predicted molar refractivity (Wildman–Crippen MR) is 121 cm³/mol. The highest BCUT2D eigenvalue weighted by molar-refractivity contribution is 7.91. The number of methoxy groups -OCH3 is 1. The van der Waals surface area contributed by atoms with E-state index in [1.54, 1.807) is 4.90 Å². The van der Waals surface area contributed by atoms with Crippen LogP contribution in [0.15, 0.2) is 35.2 Å². The van der Waals surface area contributed by atoms with Crippen LogP contribution in [0.2, 0.25) is 0 Å². The van der Waals surface area contributed by atoms with Gasteiger partial charge in [0, 0.05) is 50.6 Å². The Kier molecular flexibility index (Phi) is 5.86. The van der Waals surface area contributed by atoms with Crippen molar-refractivity contribution in [3.63, 3.8) is 0 Å². The molecule has 2 fully saturated rings. The molecule has 0 bridgehead atoms. The first kappa shape index (κ1) is 21.3. The second-order valence-electron chi connectivity index (χ2n) is 8.66. The zero-order valence-electron chi connectivity index (χ0n) is 18.1.